The largest absolute Gasteiger partial charge is 0.381 e. The maximum Gasteiger partial charge on any atom is 0.234 e. The number of carbonyl (C=O) groups is 2. The van der Waals surface area contributed by atoms with Gasteiger partial charge in [0.2, 0.25) is 11.8 Å². The lowest BCUT2D eigenvalue weighted by atomic mass is 9.91. The first kappa shape index (κ1) is 21.8. The number of hydrogen-bond acceptors (Lipinski definition) is 4. The number of amides is 2. The fourth-order valence-electron chi connectivity index (χ4n) is 4.30. The lowest BCUT2D eigenvalue weighted by molar-refractivity contribution is -0.123. The molecule has 2 heterocycles. The van der Waals surface area contributed by atoms with Crippen molar-refractivity contribution in [1.82, 2.24) is 15.5 Å². The Labute approximate surface area is 174 Å². The van der Waals surface area contributed by atoms with E-state index in [1.807, 2.05) is 18.2 Å². The van der Waals surface area contributed by atoms with E-state index in [0.29, 0.717) is 32.0 Å². The summed E-state index contributed by atoms with van der Waals surface area (Å²) in [5.41, 5.74) is 1.24. The minimum atomic E-state index is 0.102. The number of rotatable bonds is 3. The summed E-state index contributed by atoms with van der Waals surface area (Å²) in [6, 6.07) is 10.3. The molecule has 0 aromatic heterocycles. The number of carbonyl (C=O) groups excluding carboxylic acids is 2. The molecule has 2 aliphatic heterocycles. The fourth-order valence-corrected chi connectivity index (χ4v) is 4.30. The molecule has 3 rings (SSSR count). The van der Waals surface area contributed by atoms with Crippen LogP contribution in [0.25, 0.3) is 0 Å². The van der Waals surface area contributed by atoms with Crippen molar-refractivity contribution in [3.05, 3.63) is 35.9 Å². The van der Waals surface area contributed by atoms with Crippen molar-refractivity contribution >= 4 is 11.8 Å². The van der Waals surface area contributed by atoms with Gasteiger partial charge >= 0.3 is 0 Å². The predicted octanol–water partition coefficient (Wildman–Crippen LogP) is 2.31. The molecule has 1 atom stereocenters. The highest BCUT2D eigenvalue weighted by Crippen LogP contribution is 2.24. The Morgan fingerprint density at radius 2 is 1.69 bits per heavy atom. The summed E-state index contributed by atoms with van der Waals surface area (Å²) in [7, 11) is 0. The molecular formula is C23H35N3O3. The maximum atomic E-state index is 12.6. The van der Waals surface area contributed by atoms with Crippen molar-refractivity contribution in [3.8, 4) is 0 Å². The molecule has 2 aliphatic rings. The number of nitrogens with zero attached hydrogens (tertiary/aromatic N) is 1. The molecule has 0 spiro atoms. The van der Waals surface area contributed by atoms with E-state index in [0.717, 1.165) is 58.4 Å². The Bertz CT molecular complexity index is 632. The Kier molecular flexibility index (Phi) is 8.96. The Hall–Kier alpha value is -1.92. The lowest BCUT2D eigenvalue weighted by Crippen LogP contribution is -2.42. The van der Waals surface area contributed by atoms with E-state index < -0.39 is 0 Å². The van der Waals surface area contributed by atoms with Gasteiger partial charge in [-0.2, -0.15) is 0 Å². The molecule has 0 aliphatic carbocycles. The molecular weight excluding hydrogens is 366 g/mol. The molecule has 0 bridgehead atoms. The average Bonchev–Trinajstić information content (AvgIpc) is 2.74. The van der Waals surface area contributed by atoms with Gasteiger partial charge in [0.15, 0.2) is 0 Å². The van der Waals surface area contributed by atoms with Crippen molar-refractivity contribution in [1.29, 1.82) is 0 Å². The van der Waals surface area contributed by atoms with Crippen molar-refractivity contribution < 1.29 is 14.3 Å². The van der Waals surface area contributed by atoms with Gasteiger partial charge in [0, 0.05) is 45.8 Å². The second kappa shape index (κ2) is 11.9. The summed E-state index contributed by atoms with van der Waals surface area (Å²) >= 11 is 0. The predicted molar refractivity (Wildman–Crippen MR) is 114 cm³/mol. The summed E-state index contributed by atoms with van der Waals surface area (Å²) in [4.78, 5) is 27.1. The van der Waals surface area contributed by atoms with E-state index >= 15 is 0 Å². The highest BCUT2D eigenvalue weighted by molar-refractivity contribution is 5.78. The van der Waals surface area contributed by atoms with Crippen LogP contribution in [0.15, 0.2) is 30.3 Å². The molecule has 2 amide bonds. The normalized spacial score (nSPS) is 24.3. The highest BCUT2D eigenvalue weighted by atomic mass is 16.5. The molecule has 2 fully saturated rings. The summed E-state index contributed by atoms with van der Waals surface area (Å²) in [6.45, 7) is 5.14. The second-order valence-corrected chi connectivity index (χ2v) is 8.28. The number of hydrogen-bond donors (Lipinski definition) is 2. The number of benzene rings is 1. The van der Waals surface area contributed by atoms with Crippen LogP contribution < -0.4 is 10.6 Å². The molecule has 1 unspecified atom stereocenters. The Balaban J connectivity index is 1.58. The van der Waals surface area contributed by atoms with Gasteiger partial charge in [-0.3, -0.25) is 14.5 Å². The summed E-state index contributed by atoms with van der Waals surface area (Å²) in [6.07, 6.45) is 5.18. The molecule has 2 saturated heterocycles. The van der Waals surface area contributed by atoms with E-state index in [-0.39, 0.29) is 17.7 Å². The first-order valence-electron chi connectivity index (χ1n) is 11.1. The number of ether oxygens (including phenoxy) is 1. The van der Waals surface area contributed by atoms with E-state index in [4.69, 9.17) is 4.74 Å². The van der Waals surface area contributed by atoms with Crippen LogP contribution in [0.4, 0.5) is 0 Å². The standard InChI is InChI=1S/C23H35N3O3/c27-22-8-7-21(20-5-2-1-3-6-20)9-13-25-23(28)18-26(14-4-12-24-22)17-19-10-15-29-16-11-19/h1-3,5-6,19,21H,4,7-18H2,(H,24,27)(H,25,28). The zero-order valence-electron chi connectivity index (χ0n) is 17.4. The van der Waals surface area contributed by atoms with Gasteiger partial charge in [0.05, 0.1) is 6.54 Å². The topological polar surface area (TPSA) is 70.7 Å². The summed E-state index contributed by atoms with van der Waals surface area (Å²) < 4.78 is 5.46. The summed E-state index contributed by atoms with van der Waals surface area (Å²) in [5.74, 6) is 1.10. The lowest BCUT2D eigenvalue weighted by Gasteiger charge is -2.29. The summed E-state index contributed by atoms with van der Waals surface area (Å²) in [5, 5.41) is 6.17. The van der Waals surface area contributed by atoms with Crippen molar-refractivity contribution in [2.45, 2.75) is 44.4 Å². The van der Waals surface area contributed by atoms with Crippen molar-refractivity contribution in [3.63, 3.8) is 0 Å². The van der Waals surface area contributed by atoms with E-state index in [1.54, 1.807) is 0 Å². The maximum absolute atomic E-state index is 12.6. The van der Waals surface area contributed by atoms with Crippen LogP contribution in [-0.4, -0.2) is 62.7 Å². The van der Waals surface area contributed by atoms with Gasteiger partial charge < -0.3 is 15.4 Å². The molecule has 6 nitrogen and oxygen atoms in total. The Morgan fingerprint density at radius 1 is 0.931 bits per heavy atom. The second-order valence-electron chi connectivity index (χ2n) is 8.28. The molecule has 6 heteroatoms. The third-order valence-electron chi connectivity index (χ3n) is 6.00. The van der Waals surface area contributed by atoms with Gasteiger partial charge in [-0.1, -0.05) is 30.3 Å². The van der Waals surface area contributed by atoms with Crippen LogP contribution in [-0.2, 0) is 14.3 Å². The van der Waals surface area contributed by atoms with E-state index in [9.17, 15) is 9.59 Å². The average molecular weight is 402 g/mol. The van der Waals surface area contributed by atoms with Crippen LogP contribution >= 0.6 is 0 Å². The van der Waals surface area contributed by atoms with Crippen LogP contribution in [0.1, 0.15) is 50.0 Å². The molecule has 0 radical (unpaired) electrons. The van der Waals surface area contributed by atoms with Crippen LogP contribution in [0, 0.1) is 5.92 Å². The fraction of sp³-hybridized carbons (Fsp3) is 0.652. The first-order valence-corrected chi connectivity index (χ1v) is 11.1. The van der Waals surface area contributed by atoms with Crippen LogP contribution in [0.5, 0.6) is 0 Å². The molecule has 0 saturated carbocycles. The minimum Gasteiger partial charge on any atom is -0.381 e. The Morgan fingerprint density at radius 3 is 2.48 bits per heavy atom. The minimum absolute atomic E-state index is 0.102. The smallest absolute Gasteiger partial charge is 0.234 e. The molecule has 1 aromatic carbocycles. The molecule has 29 heavy (non-hydrogen) atoms. The quantitative estimate of drug-likeness (QED) is 0.815. The third kappa shape index (κ3) is 7.78. The van der Waals surface area contributed by atoms with Gasteiger partial charge in [-0.15, -0.1) is 0 Å². The van der Waals surface area contributed by atoms with Gasteiger partial charge in [-0.25, -0.2) is 0 Å². The molecule has 2 N–H and O–H groups in total. The highest BCUT2D eigenvalue weighted by Gasteiger charge is 2.20. The van der Waals surface area contributed by atoms with E-state index in [1.165, 1.54) is 5.56 Å². The van der Waals surface area contributed by atoms with Gasteiger partial charge in [-0.05, 0) is 49.5 Å². The van der Waals surface area contributed by atoms with Crippen molar-refractivity contribution in [2.24, 2.45) is 5.92 Å². The van der Waals surface area contributed by atoms with Gasteiger partial charge in [0.1, 0.15) is 0 Å². The van der Waals surface area contributed by atoms with Crippen molar-refractivity contribution in [2.75, 3.05) is 45.9 Å². The number of nitrogens with one attached hydrogen (secondary N) is 2. The zero-order chi connectivity index (χ0) is 20.3. The molecule has 160 valence electrons. The first-order chi connectivity index (χ1) is 14.2. The SMILES string of the molecule is O=C1CCC(c2ccccc2)CCNC(=O)CN(CC2CCOCC2)CCCN1. The van der Waals surface area contributed by atoms with Gasteiger partial charge in [0.25, 0.3) is 0 Å². The van der Waals surface area contributed by atoms with E-state index in [2.05, 4.69) is 27.7 Å². The van der Waals surface area contributed by atoms with Crippen LogP contribution in [0.3, 0.4) is 0 Å². The third-order valence-corrected chi connectivity index (χ3v) is 6.00. The zero-order valence-corrected chi connectivity index (χ0v) is 17.4. The van der Waals surface area contributed by atoms with Crippen LogP contribution in [0.2, 0.25) is 0 Å². The molecule has 1 aromatic rings. The monoisotopic (exact) mass is 401 g/mol.